The van der Waals surface area contributed by atoms with Crippen LogP contribution in [-0.4, -0.2) is 49.2 Å². The normalized spacial score (nSPS) is 18.0. The van der Waals surface area contributed by atoms with Crippen LogP contribution in [0.3, 0.4) is 0 Å². The van der Waals surface area contributed by atoms with Crippen molar-refractivity contribution in [1.29, 1.82) is 0 Å². The molecule has 3 heterocycles. The molecule has 0 amide bonds. The van der Waals surface area contributed by atoms with Crippen LogP contribution in [0.5, 0.6) is 5.75 Å². The van der Waals surface area contributed by atoms with Gasteiger partial charge in [0.05, 0.1) is 13.1 Å². The molecule has 7 heteroatoms. The molecule has 28 heavy (non-hydrogen) atoms. The minimum atomic E-state index is -0.252. The molecule has 0 spiro atoms. The first kappa shape index (κ1) is 19.3. The molecule has 0 atom stereocenters. The first-order chi connectivity index (χ1) is 13.7. The van der Waals surface area contributed by atoms with Crippen LogP contribution in [0.25, 0.3) is 0 Å². The zero-order chi connectivity index (χ0) is 19.3. The molecule has 150 valence electrons. The highest BCUT2D eigenvalue weighted by Gasteiger charge is 2.30. The van der Waals surface area contributed by atoms with Gasteiger partial charge in [-0.1, -0.05) is 0 Å². The van der Waals surface area contributed by atoms with Crippen molar-refractivity contribution in [2.24, 2.45) is 0 Å². The third kappa shape index (κ3) is 4.89. The Morgan fingerprint density at radius 2 is 1.93 bits per heavy atom. The van der Waals surface area contributed by atoms with Gasteiger partial charge in [-0.2, -0.15) is 12.6 Å². The van der Waals surface area contributed by atoms with E-state index < -0.39 is 0 Å². The van der Waals surface area contributed by atoms with Gasteiger partial charge in [-0.25, -0.2) is 9.37 Å². The third-order valence-corrected chi connectivity index (χ3v) is 5.34. The van der Waals surface area contributed by atoms with Gasteiger partial charge < -0.3 is 19.7 Å². The monoisotopic (exact) mass is 403 g/mol. The van der Waals surface area contributed by atoms with Gasteiger partial charge in [0.2, 0.25) is 0 Å². The van der Waals surface area contributed by atoms with Gasteiger partial charge in [-0.05, 0) is 55.3 Å². The summed E-state index contributed by atoms with van der Waals surface area (Å²) in [7, 11) is 0. The minimum absolute atomic E-state index is 0.0905. The molecule has 1 aromatic heterocycles. The molecule has 0 aliphatic carbocycles. The van der Waals surface area contributed by atoms with Crippen molar-refractivity contribution >= 4 is 24.1 Å². The Balaban J connectivity index is 1.39. The van der Waals surface area contributed by atoms with Gasteiger partial charge in [-0.15, -0.1) is 0 Å². The maximum Gasteiger partial charge on any atom is 0.134 e. The lowest BCUT2D eigenvalue weighted by Crippen LogP contribution is -2.54. The number of aryl methyl sites for hydroxylation is 1. The van der Waals surface area contributed by atoms with Gasteiger partial charge in [0.25, 0.3) is 0 Å². The quantitative estimate of drug-likeness (QED) is 0.693. The van der Waals surface area contributed by atoms with E-state index in [4.69, 9.17) is 14.5 Å². The summed E-state index contributed by atoms with van der Waals surface area (Å²) in [4.78, 5) is 7.01. The highest BCUT2D eigenvalue weighted by atomic mass is 32.1. The number of rotatable bonds is 7. The Hall–Kier alpha value is -1.99. The van der Waals surface area contributed by atoms with E-state index in [-0.39, 0.29) is 11.9 Å². The first-order valence-corrected chi connectivity index (χ1v) is 10.5. The molecule has 0 bridgehead atoms. The summed E-state index contributed by atoms with van der Waals surface area (Å²) in [5.41, 5.74) is 2.15. The summed E-state index contributed by atoms with van der Waals surface area (Å²) in [6.45, 7) is 3.16. The molecule has 0 radical (unpaired) electrons. The topological polar surface area (TPSA) is 46.6 Å². The molecule has 2 aliphatic rings. The molecule has 4 rings (SSSR count). The first-order valence-electron chi connectivity index (χ1n) is 9.83. The van der Waals surface area contributed by atoms with Crippen LogP contribution in [-0.2, 0) is 11.2 Å². The van der Waals surface area contributed by atoms with E-state index in [1.54, 1.807) is 12.1 Å². The summed E-state index contributed by atoms with van der Waals surface area (Å²) < 4.78 is 24.4. The van der Waals surface area contributed by atoms with Gasteiger partial charge >= 0.3 is 0 Å². The third-order valence-electron chi connectivity index (χ3n) is 5.11. The Bertz CT molecular complexity index is 778. The number of nitrogens with one attached hydrogen (secondary N) is 1. The molecule has 2 saturated heterocycles. The molecule has 0 unspecified atom stereocenters. The van der Waals surface area contributed by atoms with E-state index in [2.05, 4.69) is 35.0 Å². The lowest BCUT2D eigenvalue weighted by Gasteiger charge is -2.40. The smallest absolute Gasteiger partial charge is 0.134 e. The van der Waals surface area contributed by atoms with E-state index in [9.17, 15) is 4.39 Å². The van der Waals surface area contributed by atoms with Gasteiger partial charge in [0.15, 0.2) is 0 Å². The maximum absolute atomic E-state index is 13.0. The lowest BCUT2D eigenvalue weighted by atomic mass is 10.1. The number of hydrogen-bond donors (Lipinski definition) is 2. The summed E-state index contributed by atoms with van der Waals surface area (Å²) in [5.74, 6) is 2.18. The number of halogens is 1. The fraction of sp³-hybridized carbons (Fsp3) is 0.476. The fourth-order valence-electron chi connectivity index (χ4n) is 3.54. The second-order valence-electron chi connectivity index (χ2n) is 7.31. The predicted octanol–water partition coefficient (Wildman–Crippen LogP) is 3.55. The number of anilines is 2. The molecular formula is C21H26FN3O2S. The Kier molecular flexibility index (Phi) is 6.22. The van der Waals surface area contributed by atoms with Gasteiger partial charge in [0, 0.05) is 36.7 Å². The van der Waals surface area contributed by atoms with Crippen molar-refractivity contribution in [3.05, 3.63) is 47.9 Å². The minimum Gasteiger partial charge on any atom is -0.487 e. The van der Waals surface area contributed by atoms with Crippen molar-refractivity contribution in [3.63, 3.8) is 0 Å². The number of pyridine rings is 1. The zero-order valence-electron chi connectivity index (χ0n) is 15.8. The number of hydrogen-bond acceptors (Lipinski definition) is 6. The summed E-state index contributed by atoms with van der Waals surface area (Å²) >= 11 is 4.36. The number of thiol groups is 1. The fourth-order valence-corrected chi connectivity index (χ4v) is 3.77. The Labute approximate surface area is 170 Å². The molecule has 2 aliphatic heterocycles. The summed E-state index contributed by atoms with van der Waals surface area (Å²) in [6, 6.07) is 10.9. The molecule has 5 nitrogen and oxygen atoms in total. The molecule has 1 aromatic carbocycles. The van der Waals surface area contributed by atoms with Crippen molar-refractivity contribution in [2.45, 2.75) is 31.4 Å². The lowest BCUT2D eigenvalue weighted by molar-refractivity contribution is 0.0904. The van der Waals surface area contributed by atoms with Crippen LogP contribution in [0.4, 0.5) is 15.9 Å². The van der Waals surface area contributed by atoms with Crippen LogP contribution in [0.2, 0.25) is 0 Å². The molecule has 2 fully saturated rings. The number of benzene rings is 1. The van der Waals surface area contributed by atoms with E-state index >= 15 is 0 Å². The second-order valence-corrected chi connectivity index (χ2v) is 7.76. The average Bonchev–Trinajstić information content (AvgIpc) is 2.67. The number of nitrogens with zero attached hydrogens (tertiary/aromatic N) is 2. The van der Waals surface area contributed by atoms with Crippen molar-refractivity contribution < 1.29 is 13.9 Å². The number of aromatic nitrogens is 1. The van der Waals surface area contributed by atoms with Gasteiger partial charge in [-0.3, -0.25) is 0 Å². The van der Waals surface area contributed by atoms with Crippen molar-refractivity contribution in [2.75, 3.05) is 42.3 Å². The van der Waals surface area contributed by atoms with Crippen LogP contribution in [0, 0.1) is 5.82 Å². The van der Waals surface area contributed by atoms with E-state index in [1.807, 2.05) is 0 Å². The second kappa shape index (κ2) is 9.01. The maximum atomic E-state index is 13.0. The van der Waals surface area contributed by atoms with Gasteiger partial charge in [0.1, 0.15) is 23.5 Å². The molecule has 1 N–H and O–H groups in total. The summed E-state index contributed by atoms with van der Waals surface area (Å²) in [5, 5.41) is 3.64. The Morgan fingerprint density at radius 3 is 2.64 bits per heavy atom. The van der Waals surface area contributed by atoms with E-state index in [0.717, 1.165) is 68.5 Å². The van der Waals surface area contributed by atoms with Crippen molar-refractivity contribution in [1.82, 2.24) is 4.98 Å². The van der Waals surface area contributed by atoms with E-state index in [0.29, 0.717) is 11.8 Å². The highest BCUT2D eigenvalue weighted by Crippen LogP contribution is 2.27. The van der Waals surface area contributed by atoms with E-state index in [1.165, 1.54) is 12.1 Å². The molecular weight excluding hydrogens is 377 g/mol. The standard InChI is InChI=1S/C21H26FN3O2S/c22-15-1-3-19(4-2-15)27-20-13-25(14-20)21-12-18(11-17(24-21)7-10-28)23-16-5-8-26-9-6-16/h1-4,11-12,16,20,28H,5-10,13-14H2,(H,23,24). The van der Waals surface area contributed by atoms with Crippen LogP contribution >= 0.6 is 12.6 Å². The summed E-state index contributed by atoms with van der Waals surface area (Å²) in [6.07, 6.45) is 2.98. The van der Waals surface area contributed by atoms with Crippen LogP contribution < -0.4 is 15.0 Å². The Morgan fingerprint density at radius 1 is 1.18 bits per heavy atom. The predicted molar refractivity (Wildman–Crippen MR) is 112 cm³/mol. The molecule has 0 saturated carbocycles. The van der Waals surface area contributed by atoms with Crippen LogP contribution in [0.1, 0.15) is 18.5 Å². The molecule has 2 aromatic rings. The number of ether oxygens (including phenoxy) is 2. The highest BCUT2D eigenvalue weighted by molar-refractivity contribution is 7.80. The largest absolute Gasteiger partial charge is 0.487 e. The SMILES string of the molecule is Fc1ccc(OC2CN(c3cc(NC4CCOCC4)cc(CCS)n3)C2)cc1. The zero-order valence-corrected chi connectivity index (χ0v) is 16.7. The van der Waals surface area contributed by atoms with Crippen molar-refractivity contribution in [3.8, 4) is 5.75 Å². The average molecular weight is 404 g/mol. The van der Waals surface area contributed by atoms with Crippen LogP contribution in [0.15, 0.2) is 36.4 Å².